The van der Waals surface area contributed by atoms with Crippen molar-refractivity contribution in [2.45, 2.75) is 32.7 Å². The minimum Gasteiger partial charge on any atom is -0.481 e. The number of carbonyl (C=O) groups excluding carboxylic acids is 1. The highest BCUT2D eigenvalue weighted by molar-refractivity contribution is 5.95. The van der Waals surface area contributed by atoms with Crippen molar-refractivity contribution in [3.63, 3.8) is 0 Å². The van der Waals surface area contributed by atoms with Gasteiger partial charge < -0.3 is 10.4 Å². The average molecular weight is 253 g/mol. The van der Waals surface area contributed by atoms with Gasteiger partial charge in [0.15, 0.2) is 0 Å². The average Bonchev–Trinajstić information content (AvgIpc) is 2.18. The second kappa shape index (κ2) is 5.16. The first kappa shape index (κ1) is 14.2. The highest BCUT2D eigenvalue weighted by Gasteiger charge is 2.25. The van der Waals surface area contributed by atoms with Gasteiger partial charge in [-0.3, -0.25) is 9.59 Å². The quantitative estimate of drug-likeness (QED) is 0.863. The maximum atomic E-state index is 13.7. The van der Waals surface area contributed by atoms with E-state index >= 15 is 0 Å². The molecule has 0 saturated carbocycles. The van der Waals surface area contributed by atoms with Crippen molar-refractivity contribution >= 4 is 11.9 Å². The number of aliphatic carboxylic acids is 1. The lowest BCUT2D eigenvalue weighted by molar-refractivity contribution is -0.138. The second-order valence-corrected chi connectivity index (χ2v) is 4.84. The fraction of sp³-hybridized carbons (Fsp3) is 0.385. The molecular formula is C13H16FNO3. The van der Waals surface area contributed by atoms with Gasteiger partial charge in [0.25, 0.3) is 5.91 Å². The van der Waals surface area contributed by atoms with Gasteiger partial charge >= 0.3 is 5.97 Å². The Bertz CT molecular complexity index is 483. The van der Waals surface area contributed by atoms with Crippen LogP contribution >= 0.6 is 0 Å². The van der Waals surface area contributed by atoms with Gasteiger partial charge in [-0.2, -0.15) is 0 Å². The molecule has 0 unspecified atom stereocenters. The van der Waals surface area contributed by atoms with Crippen molar-refractivity contribution in [2.75, 3.05) is 0 Å². The molecule has 2 N–H and O–H groups in total. The van der Waals surface area contributed by atoms with Gasteiger partial charge in [-0.1, -0.05) is 12.1 Å². The summed E-state index contributed by atoms with van der Waals surface area (Å²) in [5, 5.41) is 11.2. The predicted octanol–water partition coefficient (Wildman–Crippen LogP) is 2.12. The molecule has 1 amide bonds. The summed E-state index contributed by atoms with van der Waals surface area (Å²) in [6.45, 7) is 4.72. The fourth-order valence-corrected chi connectivity index (χ4v) is 1.62. The Morgan fingerprint density at radius 3 is 2.56 bits per heavy atom. The Morgan fingerprint density at radius 1 is 1.39 bits per heavy atom. The molecule has 0 bridgehead atoms. The smallest absolute Gasteiger partial charge is 0.305 e. The van der Waals surface area contributed by atoms with E-state index in [0.29, 0.717) is 5.56 Å². The van der Waals surface area contributed by atoms with Crippen LogP contribution in [0.1, 0.15) is 36.2 Å². The van der Waals surface area contributed by atoms with Crippen molar-refractivity contribution < 1.29 is 19.1 Å². The summed E-state index contributed by atoms with van der Waals surface area (Å²) < 4.78 is 13.7. The first-order valence-electron chi connectivity index (χ1n) is 5.52. The van der Waals surface area contributed by atoms with Crippen molar-refractivity contribution in [3.8, 4) is 0 Å². The SMILES string of the molecule is Cc1cccc(C(=O)NC(C)(C)CC(=O)O)c1F. The third-order valence-electron chi connectivity index (χ3n) is 2.48. The summed E-state index contributed by atoms with van der Waals surface area (Å²) in [4.78, 5) is 22.5. The van der Waals surface area contributed by atoms with E-state index in [4.69, 9.17) is 5.11 Å². The molecule has 0 atom stereocenters. The standard InChI is InChI=1S/C13H16FNO3/c1-8-5-4-6-9(11(8)14)12(18)15-13(2,3)7-10(16)17/h4-6H,7H2,1-3H3,(H,15,18)(H,16,17). The van der Waals surface area contributed by atoms with Gasteiger partial charge in [0.05, 0.1) is 12.0 Å². The third-order valence-corrected chi connectivity index (χ3v) is 2.48. The van der Waals surface area contributed by atoms with Crippen LogP contribution in [0.2, 0.25) is 0 Å². The number of carbonyl (C=O) groups is 2. The van der Waals surface area contributed by atoms with E-state index in [0.717, 1.165) is 0 Å². The molecule has 0 aliphatic heterocycles. The van der Waals surface area contributed by atoms with Gasteiger partial charge in [0, 0.05) is 5.54 Å². The molecule has 0 aromatic heterocycles. The van der Waals surface area contributed by atoms with Crippen LogP contribution in [0.5, 0.6) is 0 Å². The largest absolute Gasteiger partial charge is 0.481 e. The highest BCUT2D eigenvalue weighted by Crippen LogP contribution is 2.14. The van der Waals surface area contributed by atoms with E-state index in [1.54, 1.807) is 32.9 Å². The third kappa shape index (κ3) is 3.55. The lowest BCUT2D eigenvalue weighted by Gasteiger charge is -2.24. The van der Waals surface area contributed by atoms with Crippen LogP contribution < -0.4 is 5.32 Å². The monoisotopic (exact) mass is 253 g/mol. The summed E-state index contributed by atoms with van der Waals surface area (Å²) in [6, 6.07) is 4.51. The Labute approximate surface area is 105 Å². The zero-order valence-corrected chi connectivity index (χ0v) is 10.6. The lowest BCUT2D eigenvalue weighted by atomic mass is 9.99. The Balaban J connectivity index is 2.89. The summed E-state index contributed by atoms with van der Waals surface area (Å²) in [5.41, 5.74) is -0.633. The van der Waals surface area contributed by atoms with Gasteiger partial charge in [-0.15, -0.1) is 0 Å². The van der Waals surface area contributed by atoms with Crippen LogP contribution in [0.3, 0.4) is 0 Å². The number of carboxylic acid groups (broad SMARTS) is 1. The molecule has 0 fully saturated rings. The van der Waals surface area contributed by atoms with E-state index < -0.39 is 23.2 Å². The topological polar surface area (TPSA) is 66.4 Å². The summed E-state index contributed by atoms with van der Waals surface area (Å²) in [7, 11) is 0. The first-order chi connectivity index (χ1) is 8.23. The van der Waals surface area contributed by atoms with Crippen LogP contribution in [-0.2, 0) is 4.79 Å². The van der Waals surface area contributed by atoms with Crippen LogP contribution in [-0.4, -0.2) is 22.5 Å². The number of carboxylic acids is 1. The molecule has 0 aliphatic carbocycles. The normalized spacial score (nSPS) is 11.1. The van der Waals surface area contributed by atoms with Crippen LogP contribution in [0.4, 0.5) is 4.39 Å². The number of aryl methyl sites for hydroxylation is 1. The molecule has 0 radical (unpaired) electrons. The number of hydrogen-bond donors (Lipinski definition) is 2. The molecule has 1 aromatic carbocycles. The van der Waals surface area contributed by atoms with Gasteiger partial charge in [-0.25, -0.2) is 4.39 Å². The fourth-order valence-electron chi connectivity index (χ4n) is 1.62. The summed E-state index contributed by atoms with van der Waals surface area (Å²) in [5.74, 6) is -2.21. The molecule has 0 aliphatic rings. The van der Waals surface area contributed by atoms with Crippen molar-refractivity contribution in [2.24, 2.45) is 0 Å². The Kier molecular flexibility index (Phi) is 4.06. The van der Waals surface area contributed by atoms with E-state index in [1.165, 1.54) is 6.07 Å². The van der Waals surface area contributed by atoms with Crippen molar-refractivity contribution in [3.05, 3.63) is 35.1 Å². The van der Waals surface area contributed by atoms with Gasteiger partial charge in [0.1, 0.15) is 5.82 Å². The number of halogens is 1. The molecule has 0 saturated heterocycles. The highest BCUT2D eigenvalue weighted by atomic mass is 19.1. The van der Waals surface area contributed by atoms with Crippen LogP contribution in [0.15, 0.2) is 18.2 Å². The van der Waals surface area contributed by atoms with E-state index in [9.17, 15) is 14.0 Å². The second-order valence-electron chi connectivity index (χ2n) is 4.84. The Hall–Kier alpha value is -1.91. The molecule has 5 heteroatoms. The van der Waals surface area contributed by atoms with Crippen molar-refractivity contribution in [1.29, 1.82) is 0 Å². The van der Waals surface area contributed by atoms with E-state index in [2.05, 4.69) is 5.32 Å². The molecule has 98 valence electrons. The van der Waals surface area contributed by atoms with Crippen LogP contribution in [0, 0.1) is 12.7 Å². The molecule has 1 aromatic rings. The van der Waals surface area contributed by atoms with Crippen molar-refractivity contribution in [1.82, 2.24) is 5.32 Å². The zero-order chi connectivity index (χ0) is 13.9. The maximum Gasteiger partial charge on any atom is 0.305 e. The molecule has 4 nitrogen and oxygen atoms in total. The number of amides is 1. The number of nitrogens with one attached hydrogen (secondary N) is 1. The summed E-state index contributed by atoms with van der Waals surface area (Å²) in [6.07, 6.45) is -0.230. The number of benzene rings is 1. The first-order valence-corrected chi connectivity index (χ1v) is 5.52. The predicted molar refractivity (Wildman–Crippen MR) is 64.9 cm³/mol. The Morgan fingerprint density at radius 2 is 2.00 bits per heavy atom. The van der Waals surface area contributed by atoms with E-state index in [1.807, 2.05) is 0 Å². The number of hydrogen-bond acceptors (Lipinski definition) is 2. The maximum absolute atomic E-state index is 13.7. The van der Waals surface area contributed by atoms with Gasteiger partial charge in [0.2, 0.25) is 0 Å². The summed E-state index contributed by atoms with van der Waals surface area (Å²) >= 11 is 0. The molecule has 0 heterocycles. The minimum atomic E-state index is -1.02. The molecule has 1 rings (SSSR count). The van der Waals surface area contributed by atoms with Gasteiger partial charge in [-0.05, 0) is 32.4 Å². The molecular weight excluding hydrogens is 237 g/mol. The lowest BCUT2D eigenvalue weighted by Crippen LogP contribution is -2.45. The molecule has 18 heavy (non-hydrogen) atoms. The van der Waals surface area contributed by atoms with E-state index in [-0.39, 0.29) is 12.0 Å². The number of rotatable bonds is 4. The zero-order valence-electron chi connectivity index (χ0n) is 10.6. The molecule has 0 spiro atoms. The van der Waals surface area contributed by atoms with Crippen LogP contribution in [0.25, 0.3) is 0 Å². The minimum absolute atomic E-state index is 0.0755.